The zero-order valence-electron chi connectivity index (χ0n) is 13.2. The molecule has 0 saturated carbocycles. The number of aromatic nitrogens is 1. The summed E-state index contributed by atoms with van der Waals surface area (Å²) in [7, 11) is 1.55. The second-order valence-electron chi connectivity index (χ2n) is 5.44. The minimum absolute atomic E-state index is 0.175. The first kappa shape index (κ1) is 15.4. The van der Waals surface area contributed by atoms with Crippen LogP contribution in [-0.4, -0.2) is 18.0 Å². The molecule has 118 valence electrons. The van der Waals surface area contributed by atoms with Crippen LogP contribution in [0.4, 0.5) is 5.69 Å². The number of fused-ring (bicyclic) bond motifs is 1. The molecule has 0 radical (unpaired) electrons. The van der Waals surface area contributed by atoms with Gasteiger partial charge < -0.3 is 15.0 Å². The average molecular weight is 329 g/mol. The molecule has 1 heterocycles. The van der Waals surface area contributed by atoms with Gasteiger partial charge in [-0.3, -0.25) is 4.79 Å². The highest BCUT2D eigenvalue weighted by molar-refractivity contribution is 6.32. The monoisotopic (exact) mass is 328 g/mol. The van der Waals surface area contributed by atoms with Crippen molar-refractivity contribution < 1.29 is 9.53 Å². The number of methoxy groups -OCH3 is 1. The maximum Gasteiger partial charge on any atom is 0.255 e. The zero-order valence-corrected chi connectivity index (χ0v) is 13.9. The Morgan fingerprint density at radius 2 is 1.96 bits per heavy atom. The number of hydrogen-bond acceptors (Lipinski definition) is 2. The molecule has 1 amide bonds. The van der Waals surface area contributed by atoms with Gasteiger partial charge in [-0.25, -0.2) is 0 Å². The van der Waals surface area contributed by atoms with Gasteiger partial charge in [0.25, 0.3) is 5.91 Å². The maximum absolute atomic E-state index is 12.4. The number of aryl methyl sites for hydroxylation is 2. The van der Waals surface area contributed by atoms with E-state index in [1.165, 1.54) is 0 Å². The molecule has 0 bridgehead atoms. The molecule has 3 aromatic rings. The van der Waals surface area contributed by atoms with Crippen molar-refractivity contribution in [2.75, 3.05) is 12.4 Å². The first-order valence-corrected chi connectivity index (χ1v) is 7.61. The number of benzene rings is 2. The van der Waals surface area contributed by atoms with E-state index in [1.54, 1.807) is 31.4 Å². The van der Waals surface area contributed by atoms with E-state index in [4.69, 9.17) is 16.3 Å². The summed E-state index contributed by atoms with van der Waals surface area (Å²) in [5.41, 5.74) is 4.53. The summed E-state index contributed by atoms with van der Waals surface area (Å²) in [6.45, 7) is 4.06. The molecule has 0 atom stereocenters. The minimum Gasteiger partial charge on any atom is -0.495 e. The molecular formula is C18H17ClN2O2. The van der Waals surface area contributed by atoms with Gasteiger partial charge in [-0.05, 0) is 55.8 Å². The van der Waals surface area contributed by atoms with Crippen LogP contribution in [0.5, 0.6) is 5.75 Å². The van der Waals surface area contributed by atoms with Gasteiger partial charge in [-0.1, -0.05) is 11.6 Å². The second-order valence-corrected chi connectivity index (χ2v) is 5.85. The number of rotatable bonds is 3. The first-order chi connectivity index (χ1) is 11.0. The van der Waals surface area contributed by atoms with Crippen LogP contribution < -0.4 is 10.1 Å². The molecule has 0 fully saturated rings. The van der Waals surface area contributed by atoms with Gasteiger partial charge in [0.2, 0.25) is 0 Å². The third kappa shape index (κ3) is 2.90. The average Bonchev–Trinajstić information content (AvgIpc) is 2.82. The maximum atomic E-state index is 12.4. The lowest BCUT2D eigenvalue weighted by Gasteiger charge is -2.08. The molecule has 0 aliphatic heterocycles. The number of hydrogen-bond donors (Lipinski definition) is 2. The van der Waals surface area contributed by atoms with Crippen molar-refractivity contribution in [2.24, 2.45) is 0 Å². The van der Waals surface area contributed by atoms with Gasteiger partial charge in [0.15, 0.2) is 0 Å². The summed E-state index contributed by atoms with van der Waals surface area (Å²) in [4.78, 5) is 15.7. The van der Waals surface area contributed by atoms with Crippen molar-refractivity contribution in [3.8, 4) is 5.75 Å². The zero-order chi connectivity index (χ0) is 16.6. The van der Waals surface area contributed by atoms with Crippen LogP contribution in [0.2, 0.25) is 5.02 Å². The number of carbonyl (C=O) groups excluding carboxylic acids is 1. The van der Waals surface area contributed by atoms with Gasteiger partial charge >= 0.3 is 0 Å². The molecule has 0 unspecified atom stereocenters. The lowest BCUT2D eigenvalue weighted by Crippen LogP contribution is -2.11. The fraction of sp³-hybridized carbons (Fsp3) is 0.167. The quantitative estimate of drug-likeness (QED) is 0.732. The molecule has 0 aliphatic rings. The van der Waals surface area contributed by atoms with Crippen LogP contribution in [0.3, 0.4) is 0 Å². The normalized spacial score (nSPS) is 10.8. The molecule has 5 heteroatoms. The Kier molecular flexibility index (Phi) is 4.01. The molecular weight excluding hydrogens is 312 g/mol. The molecule has 23 heavy (non-hydrogen) atoms. The van der Waals surface area contributed by atoms with E-state index >= 15 is 0 Å². The topological polar surface area (TPSA) is 54.1 Å². The Labute approximate surface area is 139 Å². The molecule has 3 rings (SSSR count). The Bertz CT molecular complexity index is 899. The molecule has 2 N–H and O–H groups in total. The molecule has 4 nitrogen and oxygen atoms in total. The fourth-order valence-electron chi connectivity index (χ4n) is 2.55. The van der Waals surface area contributed by atoms with Crippen molar-refractivity contribution in [3.05, 3.63) is 58.2 Å². The van der Waals surface area contributed by atoms with Crippen molar-refractivity contribution in [3.63, 3.8) is 0 Å². The van der Waals surface area contributed by atoms with Crippen molar-refractivity contribution >= 4 is 34.1 Å². The van der Waals surface area contributed by atoms with Gasteiger partial charge in [0.1, 0.15) is 5.75 Å². The fourth-order valence-corrected chi connectivity index (χ4v) is 2.81. The summed E-state index contributed by atoms with van der Waals surface area (Å²) in [6, 6.07) is 10.8. The summed E-state index contributed by atoms with van der Waals surface area (Å²) in [6.07, 6.45) is 0. The number of amides is 1. The summed E-state index contributed by atoms with van der Waals surface area (Å²) in [5.74, 6) is 0.399. The van der Waals surface area contributed by atoms with E-state index in [9.17, 15) is 4.79 Å². The third-order valence-corrected chi connectivity index (χ3v) is 4.28. The van der Waals surface area contributed by atoms with E-state index in [1.807, 2.05) is 26.0 Å². The summed E-state index contributed by atoms with van der Waals surface area (Å²) in [5, 5.41) is 4.37. The Morgan fingerprint density at radius 3 is 2.65 bits per heavy atom. The molecule has 0 spiro atoms. The van der Waals surface area contributed by atoms with Crippen LogP contribution in [-0.2, 0) is 0 Å². The van der Waals surface area contributed by atoms with Crippen LogP contribution in [0.15, 0.2) is 36.4 Å². The van der Waals surface area contributed by atoms with Gasteiger partial charge in [0, 0.05) is 27.8 Å². The number of halogens is 1. The smallest absolute Gasteiger partial charge is 0.255 e. The largest absolute Gasteiger partial charge is 0.495 e. The number of anilines is 1. The van der Waals surface area contributed by atoms with E-state index in [-0.39, 0.29) is 5.91 Å². The standard InChI is InChI=1S/C18H17ClN2O2/c1-10-11(2)20-16-6-4-12(8-14(10)16)18(22)21-13-5-7-17(23-3)15(19)9-13/h4-9,20H,1-3H3,(H,21,22). The van der Waals surface area contributed by atoms with Gasteiger partial charge in [-0.15, -0.1) is 0 Å². The minimum atomic E-state index is -0.175. The van der Waals surface area contributed by atoms with Crippen LogP contribution in [0.1, 0.15) is 21.6 Å². The predicted octanol–water partition coefficient (Wildman–Crippen LogP) is 4.70. The molecule has 1 aromatic heterocycles. The summed E-state index contributed by atoms with van der Waals surface area (Å²) < 4.78 is 5.11. The predicted molar refractivity (Wildman–Crippen MR) is 93.7 cm³/mol. The van der Waals surface area contributed by atoms with E-state index in [0.29, 0.717) is 22.0 Å². The number of aromatic amines is 1. The van der Waals surface area contributed by atoms with Crippen molar-refractivity contribution in [1.29, 1.82) is 0 Å². The van der Waals surface area contributed by atoms with E-state index in [0.717, 1.165) is 22.2 Å². The first-order valence-electron chi connectivity index (χ1n) is 7.23. The Balaban J connectivity index is 1.88. The van der Waals surface area contributed by atoms with Crippen LogP contribution >= 0.6 is 11.6 Å². The van der Waals surface area contributed by atoms with Crippen molar-refractivity contribution in [2.45, 2.75) is 13.8 Å². The Morgan fingerprint density at radius 1 is 1.17 bits per heavy atom. The summed E-state index contributed by atoms with van der Waals surface area (Å²) >= 11 is 6.08. The van der Waals surface area contributed by atoms with Crippen molar-refractivity contribution in [1.82, 2.24) is 4.98 Å². The number of ether oxygens (including phenoxy) is 1. The van der Waals surface area contributed by atoms with Crippen LogP contribution in [0, 0.1) is 13.8 Å². The SMILES string of the molecule is COc1ccc(NC(=O)c2ccc3[nH]c(C)c(C)c3c2)cc1Cl. The Hall–Kier alpha value is -2.46. The van der Waals surface area contributed by atoms with E-state index < -0.39 is 0 Å². The highest BCUT2D eigenvalue weighted by atomic mass is 35.5. The molecule has 2 aromatic carbocycles. The highest BCUT2D eigenvalue weighted by Gasteiger charge is 2.11. The van der Waals surface area contributed by atoms with Crippen LogP contribution in [0.25, 0.3) is 10.9 Å². The number of nitrogens with one attached hydrogen (secondary N) is 2. The van der Waals surface area contributed by atoms with E-state index in [2.05, 4.69) is 10.3 Å². The lowest BCUT2D eigenvalue weighted by molar-refractivity contribution is 0.102. The highest BCUT2D eigenvalue weighted by Crippen LogP contribution is 2.28. The molecule has 0 aliphatic carbocycles. The second kappa shape index (κ2) is 5.97. The number of H-pyrrole nitrogens is 1. The third-order valence-electron chi connectivity index (χ3n) is 3.98. The van der Waals surface area contributed by atoms with Gasteiger partial charge in [0.05, 0.1) is 12.1 Å². The van der Waals surface area contributed by atoms with Gasteiger partial charge in [-0.2, -0.15) is 0 Å². The number of carbonyl (C=O) groups is 1. The lowest BCUT2D eigenvalue weighted by atomic mass is 10.1. The molecule has 0 saturated heterocycles.